The molecule has 0 unspecified atom stereocenters. The van der Waals surface area contributed by atoms with Gasteiger partial charge < -0.3 is 14.5 Å². The third-order valence-electron chi connectivity index (χ3n) is 6.39. The molecule has 4 rings (SSSR count). The van der Waals surface area contributed by atoms with E-state index in [2.05, 4.69) is 5.10 Å². The number of ether oxygens (including phenoxy) is 1. The number of benzene rings is 1. The number of amides is 2. The van der Waals surface area contributed by atoms with Crippen molar-refractivity contribution >= 4 is 17.8 Å². The Morgan fingerprint density at radius 3 is 2.52 bits per heavy atom. The third-order valence-corrected chi connectivity index (χ3v) is 6.39. The minimum Gasteiger partial charge on any atom is -0.466 e. The van der Waals surface area contributed by atoms with Crippen LogP contribution in [0.25, 0.3) is 5.69 Å². The van der Waals surface area contributed by atoms with Crippen LogP contribution in [0.5, 0.6) is 0 Å². The van der Waals surface area contributed by atoms with Crippen LogP contribution in [0.2, 0.25) is 0 Å². The summed E-state index contributed by atoms with van der Waals surface area (Å²) in [7, 11) is 1.60. The van der Waals surface area contributed by atoms with Crippen LogP contribution in [0.15, 0.2) is 24.3 Å². The highest BCUT2D eigenvalue weighted by Gasteiger charge is 2.31. The number of fused-ring (bicyclic) bond motifs is 1. The summed E-state index contributed by atoms with van der Waals surface area (Å²) in [6.07, 6.45) is 3.61. The predicted molar refractivity (Wildman–Crippen MR) is 118 cm³/mol. The maximum absolute atomic E-state index is 13.3. The van der Waals surface area contributed by atoms with Crippen molar-refractivity contribution in [3.63, 3.8) is 0 Å². The normalized spacial score (nSPS) is 15.9. The smallest absolute Gasteiger partial charge is 0.309 e. The molecule has 33 heavy (non-hydrogen) atoms. The summed E-state index contributed by atoms with van der Waals surface area (Å²) in [5.74, 6) is -1.16. The Morgan fingerprint density at radius 2 is 1.85 bits per heavy atom. The van der Waals surface area contributed by atoms with Gasteiger partial charge in [-0.3, -0.25) is 14.4 Å². The van der Waals surface area contributed by atoms with Gasteiger partial charge in [-0.1, -0.05) is 0 Å². The number of aromatic nitrogens is 2. The van der Waals surface area contributed by atoms with Crippen LogP contribution >= 0.6 is 0 Å². The zero-order valence-electron chi connectivity index (χ0n) is 19.1. The number of likely N-dealkylation sites (tertiary alicyclic amines) is 1. The third kappa shape index (κ3) is 4.77. The molecule has 1 aliphatic carbocycles. The Labute approximate surface area is 192 Å². The molecule has 176 valence electrons. The molecule has 0 N–H and O–H groups in total. The van der Waals surface area contributed by atoms with E-state index in [1.165, 1.54) is 17.0 Å². The van der Waals surface area contributed by atoms with Gasteiger partial charge in [-0.05, 0) is 63.3 Å². The van der Waals surface area contributed by atoms with Crippen molar-refractivity contribution in [2.45, 2.75) is 39.0 Å². The summed E-state index contributed by atoms with van der Waals surface area (Å²) >= 11 is 0. The van der Waals surface area contributed by atoms with Crippen LogP contribution in [-0.2, 0) is 27.2 Å². The van der Waals surface area contributed by atoms with Crippen LogP contribution in [-0.4, -0.2) is 70.7 Å². The minimum atomic E-state index is -0.330. The fraction of sp³-hybridized carbons (Fsp3) is 0.500. The SMILES string of the molecule is CCOC(=O)C1CCN(C(=O)CN(C)C(=O)c2nn(-c3ccc(F)cc3)c3c2CCC3)CC1. The van der Waals surface area contributed by atoms with Crippen molar-refractivity contribution in [3.05, 3.63) is 47.0 Å². The van der Waals surface area contributed by atoms with Crippen molar-refractivity contribution in [1.29, 1.82) is 0 Å². The van der Waals surface area contributed by atoms with Gasteiger partial charge >= 0.3 is 5.97 Å². The lowest BCUT2D eigenvalue weighted by molar-refractivity contribution is -0.151. The molecule has 0 atom stereocenters. The van der Waals surface area contributed by atoms with Gasteiger partial charge in [-0.2, -0.15) is 5.10 Å². The average Bonchev–Trinajstić information content (AvgIpc) is 3.42. The summed E-state index contributed by atoms with van der Waals surface area (Å²) in [6, 6.07) is 6.02. The van der Waals surface area contributed by atoms with E-state index in [9.17, 15) is 18.8 Å². The van der Waals surface area contributed by atoms with E-state index in [4.69, 9.17) is 4.74 Å². The van der Waals surface area contributed by atoms with Gasteiger partial charge in [0.1, 0.15) is 5.82 Å². The number of piperidine rings is 1. The van der Waals surface area contributed by atoms with Crippen LogP contribution in [0.1, 0.15) is 47.9 Å². The molecule has 2 amide bonds. The maximum Gasteiger partial charge on any atom is 0.309 e. The van der Waals surface area contributed by atoms with E-state index in [-0.39, 0.29) is 36.1 Å². The Kier molecular flexibility index (Phi) is 6.76. The number of carbonyl (C=O) groups excluding carboxylic acids is 3. The number of hydrogen-bond donors (Lipinski definition) is 0. The second-order valence-electron chi connectivity index (χ2n) is 8.58. The van der Waals surface area contributed by atoms with Crippen LogP contribution < -0.4 is 0 Å². The van der Waals surface area contributed by atoms with Crippen LogP contribution in [0.4, 0.5) is 4.39 Å². The van der Waals surface area contributed by atoms with Gasteiger partial charge in [0, 0.05) is 31.4 Å². The summed E-state index contributed by atoms with van der Waals surface area (Å²) < 4.78 is 20.1. The fourth-order valence-electron chi connectivity index (χ4n) is 4.59. The monoisotopic (exact) mass is 456 g/mol. The molecule has 1 saturated heterocycles. The molecule has 8 nitrogen and oxygen atoms in total. The molecule has 1 aromatic heterocycles. The molecule has 2 heterocycles. The summed E-state index contributed by atoms with van der Waals surface area (Å²) in [6.45, 7) is 3.02. The molecule has 2 aliphatic rings. The Bertz CT molecular complexity index is 1040. The van der Waals surface area contributed by atoms with Gasteiger partial charge in [0.15, 0.2) is 5.69 Å². The summed E-state index contributed by atoms with van der Waals surface area (Å²) in [4.78, 5) is 41.0. The molecular formula is C24H29FN4O4. The van der Waals surface area contributed by atoms with Crippen LogP contribution in [0.3, 0.4) is 0 Å². The standard InChI is InChI=1S/C24H29FN4O4/c1-3-33-24(32)16-11-13-28(14-12-16)21(30)15-27(2)23(31)22-19-5-4-6-20(19)29(26-22)18-9-7-17(25)8-10-18/h7-10,16H,3-6,11-15H2,1-2H3. The topological polar surface area (TPSA) is 84.7 Å². The second-order valence-corrected chi connectivity index (χ2v) is 8.58. The van der Waals surface area contributed by atoms with Crippen molar-refractivity contribution in [2.24, 2.45) is 5.92 Å². The zero-order chi connectivity index (χ0) is 23.5. The predicted octanol–water partition coefficient (Wildman–Crippen LogP) is 2.37. The lowest BCUT2D eigenvalue weighted by Gasteiger charge is -2.32. The molecule has 1 aliphatic heterocycles. The highest BCUT2D eigenvalue weighted by atomic mass is 19.1. The molecule has 0 spiro atoms. The largest absolute Gasteiger partial charge is 0.466 e. The first-order valence-corrected chi connectivity index (χ1v) is 11.5. The molecule has 9 heteroatoms. The highest BCUT2D eigenvalue weighted by molar-refractivity contribution is 5.96. The van der Waals surface area contributed by atoms with E-state index in [0.717, 1.165) is 30.5 Å². The van der Waals surface area contributed by atoms with E-state index in [1.54, 1.807) is 35.7 Å². The quantitative estimate of drug-likeness (QED) is 0.623. The molecule has 0 bridgehead atoms. The number of esters is 1. The Morgan fingerprint density at radius 1 is 1.15 bits per heavy atom. The van der Waals surface area contributed by atoms with Crippen molar-refractivity contribution in [3.8, 4) is 5.69 Å². The lowest BCUT2D eigenvalue weighted by Crippen LogP contribution is -2.45. The molecular weight excluding hydrogens is 427 g/mol. The van der Waals surface area contributed by atoms with Gasteiger partial charge in [-0.15, -0.1) is 0 Å². The minimum absolute atomic E-state index is 0.0545. The van der Waals surface area contributed by atoms with Gasteiger partial charge in [0.2, 0.25) is 5.91 Å². The van der Waals surface area contributed by atoms with Gasteiger partial charge in [0.05, 0.1) is 24.8 Å². The first kappa shape index (κ1) is 22.9. The number of likely N-dealkylation sites (N-methyl/N-ethyl adjacent to an activating group) is 1. The number of hydrogen-bond acceptors (Lipinski definition) is 5. The first-order valence-electron chi connectivity index (χ1n) is 11.5. The Hall–Kier alpha value is -3.23. The van der Waals surface area contributed by atoms with E-state index < -0.39 is 0 Å². The zero-order valence-corrected chi connectivity index (χ0v) is 19.1. The maximum atomic E-state index is 13.3. The first-order chi connectivity index (χ1) is 15.9. The second kappa shape index (κ2) is 9.72. The van der Waals surface area contributed by atoms with Gasteiger partial charge in [0.25, 0.3) is 5.91 Å². The van der Waals surface area contributed by atoms with Crippen molar-refractivity contribution in [1.82, 2.24) is 19.6 Å². The van der Waals surface area contributed by atoms with E-state index in [1.807, 2.05) is 0 Å². The molecule has 0 radical (unpaired) electrons. The van der Waals surface area contributed by atoms with Crippen molar-refractivity contribution in [2.75, 3.05) is 33.3 Å². The summed E-state index contributed by atoms with van der Waals surface area (Å²) in [5.41, 5.74) is 2.92. The molecule has 2 aromatic rings. The molecule has 1 fully saturated rings. The Balaban J connectivity index is 1.42. The number of halogens is 1. The van der Waals surface area contributed by atoms with E-state index >= 15 is 0 Å². The number of rotatable bonds is 6. The van der Waals surface area contributed by atoms with E-state index in [0.29, 0.717) is 43.9 Å². The average molecular weight is 457 g/mol. The molecule has 1 aromatic carbocycles. The fourth-order valence-corrected chi connectivity index (χ4v) is 4.59. The lowest BCUT2D eigenvalue weighted by atomic mass is 9.97. The molecule has 0 saturated carbocycles. The number of carbonyl (C=O) groups is 3. The van der Waals surface area contributed by atoms with Crippen LogP contribution in [0, 0.1) is 11.7 Å². The summed E-state index contributed by atoms with van der Waals surface area (Å²) in [5, 5.41) is 4.55. The number of nitrogens with zero attached hydrogens (tertiary/aromatic N) is 4. The van der Waals surface area contributed by atoms with Crippen molar-refractivity contribution < 1.29 is 23.5 Å². The highest BCUT2D eigenvalue weighted by Crippen LogP contribution is 2.28. The van der Waals surface area contributed by atoms with Gasteiger partial charge in [-0.25, -0.2) is 9.07 Å².